The van der Waals surface area contributed by atoms with E-state index in [2.05, 4.69) is 5.16 Å². The van der Waals surface area contributed by atoms with E-state index in [1.165, 1.54) is 18.2 Å². The second-order valence-electron chi connectivity index (χ2n) is 2.32. The Morgan fingerprint density at radius 3 is 2.69 bits per heavy atom. The van der Waals surface area contributed by atoms with E-state index in [4.69, 9.17) is 15.4 Å². The van der Waals surface area contributed by atoms with E-state index in [9.17, 15) is 4.79 Å². The zero-order valence-corrected chi connectivity index (χ0v) is 6.51. The fourth-order valence-electron chi connectivity index (χ4n) is 0.853. The maximum absolute atomic E-state index is 10.5. The van der Waals surface area contributed by atoms with E-state index >= 15 is 0 Å². The largest absolute Gasteiger partial charge is 0.507 e. The summed E-state index contributed by atoms with van der Waals surface area (Å²) in [6.07, 6.45) is 0.960. The van der Waals surface area contributed by atoms with Gasteiger partial charge in [-0.05, 0) is 18.2 Å². The summed E-state index contributed by atoms with van der Waals surface area (Å²) in [6, 6.07) is 3.68. The highest BCUT2D eigenvalue weighted by Crippen LogP contribution is 2.16. The van der Waals surface area contributed by atoms with Gasteiger partial charge in [-0.25, -0.2) is 4.79 Å². The number of benzene rings is 1. The number of aromatic hydroxyl groups is 1. The van der Waals surface area contributed by atoms with Crippen LogP contribution >= 0.6 is 0 Å². The molecule has 0 unspecified atom stereocenters. The molecule has 0 aliphatic carbocycles. The highest BCUT2D eigenvalue weighted by atomic mass is 16.4. The molecule has 68 valence electrons. The SMILES string of the molecule is O=C(O)c1ccc(O)c(/C=N/O)c1. The van der Waals surface area contributed by atoms with Gasteiger partial charge in [0.1, 0.15) is 5.75 Å². The highest BCUT2D eigenvalue weighted by Gasteiger charge is 2.05. The lowest BCUT2D eigenvalue weighted by Gasteiger charge is -1.99. The van der Waals surface area contributed by atoms with Crippen molar-refractivity contribution in [3.63, 3.8) is 0 Å². The Morgan fingerprint density at radius 1 is 1.46 bits per heavy atom. The van der Waals surface area contributed by atoms with Gasteiger partial charge in [0.2, 0.25) is 0 Å². The molecule has 0 aliphatic heterocycles. The topological polar surface area (TPSA) is 90.1 Å². The Hall–Kier alpha value is -2.04. The van der Waals surface area contributed by atoms with Crippen LogP contribution in [0.1, 0.15) is 15.9 Å². The average molecular weight is 181 g/mol. The molecule has 3 N–H and O–H groups in total. The van der Waals surface area contributed by atoms with Crippen LogP contribution in [0.25, 0.3) is 0 Å². The molecule has 5 heteroatoms. The number of rotatable bonds is 2. The van der Waals surface area contributed by atoms with Gasteiger partial charge < -0.3 is 15.4 Å². The normalized spacial score (nSPS) is 10.5. The molecular formula is C8H7NO4. The summed E-state index contributed by atoms with van der Waals surface area (Å²) in [5, 5.41) is 28.6. The number of phenols is 1. The molecule has 5 nitrogen and oxygen atoms in total. The van der Waals surface area contributed by atoms with Gasteiger partial charge in [0, 0.05) is 5.56 Å². The first kappa shape index (κ1) is 9.05. The Morgan fingerprint density at radius 2 is 2.15 bits per heavy atom. The lowest BCUT2D eigenvalue weighted by Crippen LogP contribution is -1.97. The number of aromatic carboxylic acids is 1. The first-order valence-electron chi connectivity index (χ1n) is 3.39. The summed E-state index contributed by atoms with van der Waals surface area (Å²) in [7, 11) is 0. The summed E-state index contributed by atoms with van der Waals surface area (Å²) >= 11 is 0. The molecule has 0 heterocycles. The molecule has 0 spiro atoms. The van der Waals surface area contributed by atoms with Crippen LogP contribution in [0.4, 0.5) is 0 Å². The molecule has 0 atom stereocenters. The van der Waals surface area contributed by atoms with Crippen molar-refractivity contribution in [3.05, 3.63) is 29.3 Å². The lowest BCUT2D eigenvalue weighted by molar-refractivity contribution is 0.0697. The third-order valence-corrected chi connectivity index (χ3v) is 1.47. The summed E-state index contributed by atoms with van der Waals surface area (Å²) in [4.78, 5) is 10.5. The van der Waals surface area contributed by atoms with Crippen molar-refractivity contribution in [3.8, 4) is 5.75 Å². The maximum atomic E-state index is 10.5. The van der Waals surface area contributed by atoms with Gasteiger partial charge in [-0.15, -0.1) is 0 Å². The van der Waals surface area contributed by atoms with Crippen LogP contribution in [0, 0.1) is 0 Å². The fourth-order valence-corrected chi connectivity index (χ4v) is 0.853. The average Bonchev–Trinajstić information content (AvgIpc) is 2.08. The monoisotopic (exact) mass is 181 g/mol. The van der Waals surface area contributed by atoms with Crippen molar-refractivity contribution < 1.29 is 20.2 Å². The van der Waals surface area contributed by atoms with E-state index < -0.39 is 5.97 Å². The summed E-state index contributed by atoms with van der Waals surface area (Å²) < 4.78 is 0. The first-order valence-corrected chi connectivity index (χ1v) is 3.39. The molecule has 1 rings (SSSR count). The van der Waals surface area contributed by atoms with Crippen LogP contribution in [0.5, 0.6) is 5.75 Å². The predicted octanol–water partition coefficient (Wildman–Crippen LogP) is 0.898. The minimum atomic E-state index is -1.10. The van der Waals surface area contributed by atoms with Gasteiger partial charge in [0.15, 0.2) is 0 Å². The van der Waals surface area contributed by atoms with Crippen molar-refractivity contribution in [2.75, 3.05) is 0 Å². The third kappa shape index (κ3) is 1.96. The van der Waals surface area contributed by atoms with Gasteiger partial charge in [-0.1, -0.05) is 5.16 Å². The van der Waals surface area contributed by atoms with E-state index in [1.807, 2.05) is 0 Å². The number of hydrogen-bond donors (Lipinski definition) is 3. The summed E-state index contributed by atoms with van der Waals surface area (Å²) in [5.41, 5.74) is 0.176. The minimum Gasteiger partial charge on any atom is -0.507 e. The molecule has 0 bridgehead atoms. The molecule has 1 aromatic rings. The fraction of sp³-hybridized carbons (Fsp3) is 0. The smallest absolute Gasteiger partial charge is 0.335 e. The van der Waals surface area contributed by atoms with Gasteiger partial charge in [-0.2, -0.15) is 0 Å². The number of oxime groups is 1. The van der Waals surface area contributed by atoms with E-state index in [1.54, 1.807) is 0 Å². The zero-order valence-electron chi connectivity index (χ0n) is 6.51. The summed E-state index contributed by atoms with van der Waals surface area (Å²) in [5.74, 6) is -1.24. The molecule has 0 saturated carbocycles. The Kier molecular flexibility index (Phi) is 2.49. The molecular weight excluding hydrogens is 174 g/mol. The van der Waals surface area contributed by atoms with E-state index in [-0.39, 0.29) is 16.9 Å². The highest BCUT2D eigenvalue weighted by molar-refractivity contribution is 5.92. The van der Waals surface area contributed by atoms with Gasteiger partial charge in [0.05, 0.1) is 11.8 Å². The quantitative estimate of drug-likeness (QED) is 0.359. The van der Waals surface area contributed by atoms with Crippen LogP contribution in [0.2, 0.25) is 0 Å². The number of carboxylic acids is 1. The van der Waals surface area contributed by atoms with Crippen LogP contribution in [0.15, 0.2) is 23.4 Å². The van der Waals surface area contributed by atoms with Crippen LogP contribution in [-0.2, 0) is 0 Å². The van der Waals surface area contributed by atoms with Gasteiger partial charge >= 0.3 is 5.97 Å². The van der Waals surface area contributed by atoms with Crippen molar-refractivity contribution in [1.82, 2.24) is 0 Å². The second kappa shape index (κ2) is 3.57. The third-order valence-electron chi connectivity index (χ3n) is 1.47. The summed E-state index contributed by atoms with van der Waals surface area (Å²) in [6.45, 7) is 0. The van der Waals surface area contributed by atoms with Crippen molar-refractivity contribution in [2.24, 2.45) is 5.16 Å². The number of nitrogens with zero attached hydrogens (tertiary/aromatic N) is 1. The standard InChI is InChI=1S/C8H7NO4/c10-7-2-1-5(8(11)12)3-6(7)4-9-13/h1-4,10,13H,(H,11,12)/b9-4+. The van der Waals surface area contributed by atoms with Crippen molar-refractivity contribution in [2.45, 2.75) is 0 Å². The van der Waals surface area contributed by atoms with Crippen LogP contribution in [0.3, 0.4) is 0 Å². The van der Waals surface area contributed by atoms with E-state index in [0.717, 1.165) is 6.21 Å². The Labute approximate surface area is 73.6 Å². The minimum absolute atomic E-state index is 0.0210. The maximum Gasteiger partial charge on any atom is 0.335 e. The molecule has 0 saturated heterocycles. The predicted molar refractivity (Wildman–Crippen MR) is 44.4 cm³/mol. The number of carbonyl (C=O) groups is 1. The molecule has 0 aromatic heterocycles. The van der Waals surface area contributed by atoms with Crippen molar-refractivity contribution in [1.29, 1.82) is 0 Å². The Bertz CT molecular complexity index is 359. The first-order chi connectivity index (χ1) is 6.15. The molecule has 0 amide bonds. The van der Waals surface area contributed by atoms with Gasteiger partial charge in [-0.3, -0.25) is 0 Å². The molecule has 1 aromatic carbocycles. The number of hydrogen-bond acceptors (Lipinski definition) is 4. The van der Waals surface area contributed by atoms with Gasteiger partial charge in [0.25, 0.3) is 0 Å². The second-order valence-corrected chi connectivity index (χ2v) is 2.32. The molecule has 0 fully saturated rings. The molecule has 0 radical (unpaired) electrons. The number of carboxylic acid groups (broad SMARTS) is 1. The van der Waals surface area contributed by atoms with Crippen LogP contribution in [-0.4, -0.2) is 27.6 Å². The lowest BCUT2D eigenvalue weighted by atomic mass is 10.1. The zero-order chi connectivity index (χ0) is 9.84. The molecule has 13 heavy (non-hydrogen) atoms. The molecule has 0 aliphatic rings. The number of phenolic OH excluding ortho intramolecular Hbond substituents is 1. The Balaban J connectivity index is 3.18. The van der Waals surface area contributed by atoms with E-state index in [0.29, 0.717) is 0 Å². The van der Waals surface area contributed by atoms with Crippen LogP contribution < -0.4 is 0 Å². The van der Waals surface area contributed by atoms with Crippen molar-refractivity contribution >= 4 is 12.2 Å².